The predicted octanol–water partition coefficient (Wildman–Crippen LogP) is 2.96. The smallest absolute Gasteiger partial charge is 0.338 e. The molecule has 0 saturated heterocycles. The average Bonchev–Trinajstić information content (AvgIpc) is 2.55. The maximum absolute atomic E-state index is 11.8. The number of ether oxygens (including phenoxy) is 1. The molecule has 2 aromatic rings. The fraction of sp³-hybridized carbons (Fsp3) is 0.0625. The molecule has 0 spiro atoms. The number of nitriles is 1. The van der Waals surface area contributed by atoms with Gasteiger partial charge < -0.3 is 10.1 Å². The average molecular weight is 406 g/mol. The van der Waals surface area contributed by atoms with E-state index in [1.165, 1.54) is 12.1 Å². The highest BCUT2D eigenvalue weighted by molar-refractivity contribution is 14.1. The van der Waals surface area contributed by atoms with Gasteiger partial charge in [-0.25, -0.2) is 4.79 Å². The van der Waals surface area contributed by atoms with E-state index in [2.05, 4.69) is 27.9 Å². The van der Waals surface area contributed by atoms with Crippen LogP contribution in [0.1, 0.15) is 15.9 Å². The van der Waals surface area contributed by atoms with Crippen molar-refractivity contribution < 1.29 is 14.3 Å². The Morgan fingerprint density at radius 2 is 1.95 bits per heavy atom. The number of halogens is 1. The molecule has 0 bridgehead atoms. The second-order valence-corrected chi connectivity index (χ2v) is 5.46. The summed E-state index contributed by atoms with van der Waals surface area (Å²) in [6.45, 7) is -0.388. The number of amides is 1. The minimum Gasteiger partial charge on any atom is -0.452 e. The Morgan fingerprint density at radius 3 is 2.68 bits per heavy atom. The van der Waals surface area contributed by atoms with Gasteiger partial charge in [-0.15, -0.1) is 0 Å². The Bertz CT molecular complexity index is 753. The molecule has 0 heterocycles. The molecule has 1 N–H and O–H groups in total. The van der Waals surface area contributed by atoms with Crippen LogP contribution in [0.25, 0.3) is 0 Å². The summed E-state index contributed by atoms with van der Waals surface area (Å²) in [5, 5.41) is 11.4. The number of hydrogen-bond donors (Lipinski definition) is 1. The molecule has 0 saturated carbocycles. The topological polar surface area (TPSA) is 79.2 Å². The van der Waals surface area contributed by atoms with Crippen LogP contribution >= 0.6 is 22.6 Å². The van der Waals surface area contributed by atoms with Gasteiger partial charge in [0.2, 0.25) is 0 Å². The third-order valence-corrected chi connectivity index (χ3v) is 3.65. The summed E-state index contributed by atoms with van der Waals surface area (Å²) in [4.78, 5) is 23.6. The minimum atomic E-state index is -0.644. The fourth-order valence-electron chi connectivity index (χ4n) is 1.68. The van der Waals surface area contributed by atoms with Gasteiger partial charge in [-0.2, -0.15) is 5.26 Å². The van der Waals surface area contributed by atoms with Gasteiger partial charge in [0.05, 0.1) is 22.9 Å². The molecule has 2 aromatic carbocycles. The number of carbonyl (C=O) groups is 2. The van der Waals surface area contributed by atoms with Crippen LogP contribution in [0.15, 0.2) is 48.5 Å². The number of esters is 1. The normalized spacial score (nSPS) is 9.64. The number of benzene rings is 2. The van der Waals surface area contributed by atoms with E-state index in [1.807, 2.05) is 18.2 Å². The van der Waals surface area contributed by atoms with Crippen molar-refractivity contribution in [2.75, 3.05) is 11.9 Å². The molecule has 0 fully saturated rings. The van der Waals surface area contributed by atoms with Crippen molar-refractivity contribution in [3.63, 3.8) is 0 Å². The molecule has 0 aromatic heterocycles. The molecular formula is C16H11IN2O3. The van der Waals surface area contributed by atoms with Crippen LogP contribution in [-0.2, 0) is 9.53 Å². The lowest BCUT2D eigenvalue weighted by molar-refractivity contribution is -0.119. The molecule has 6 heteroatoms. The molecule has 2 rings (SSSR count). The number of nitrogens with zero attached hydrogens (tertiary/aromatic N) is 1. The van der Waals surface area contributed by atoms with Crippen molar-refractivity contribution in [1.82, 2.24) is 0 Å². The third-order valence-electron chi connectivity index (χ3n) is 2.71. The number of hydrogen-bond acceptors (Lipinski definition) is 4. The summed E-state index contributed by atoms with van der Waals surface area (Å²) < 4.78 is 5.83. The van der Waals surface area contributed by atoms with E-state index >= 15 is 0 Å². The third kappa shape index (κ3) is 4.30. The zero-order chi connectivity index (χ0) is 15.9. The zero-order valence-electron chi connectivity index (χ0n) is 11.4. The lowest BCUT2D eigenvalue weighted by Gasteiger charge is -2.08. The lowest BCUT2D eigenvalue weighted by Crippen LogP contribution is -2.21. The van der Waals surface area contributed by atoms with E-state index in [-0.39, 0.29) is 12.2 Å². The summed E-state index contributed by atoms with van der Waals surface area (Å²) >= 11 is 2.10. The molecule has 1 amide bonds. The molecule has 5 nitrogen and oxygen atoms in total. The first-order valence-corrected chi connectivity index (χ1v) is 7.39. The van der Waals surface area contributed by atoms with Gasteiger partial charge in [0.1, 0.15) is 0 Å². The molecule has 0 unspecified atom stereocenters. The first-order chi connectivity index (χ1) is 10.6. The number of nitrogens with one attached hydrogen (secondary N) is 1. The maximum atomic E-state index is 11.8. The summed E-state index contributed by atoms with van der Waals surface area (Å²) in [6.07, 6.45) is 0. The van der Waals surface area contributed by atoms with Gasteiger partial charge in [0, 0.05) is 3.57 Å². The predicted molar refractivity (Wildman–Crippen MR) is 89.2 cm³/mol. The fourth-order valence-corrected chi connectivity index (χ4v) is 2.20. The van der Waals surface area contributed by atoms with Crippen molar-refractivity contribution in [3.8, 4) is 6.07 Å². The van der Waals surface area contributed by atoms with E-state index in [1.54, 1.807) is 24.3 Å². The second kappa shape index (κ2) is 7.56. The van der Waals surface area contributed by atoms with E-state index in [0.29, 0.717) is 11.3 Å². The van der Waals surface area contributed by atoms with Gasteiger partial charge in [-0.05, 0) is 52.9 Å². The Balaban J connectivity index is 1.92. The highest BCUT2D eigenvalue weighted by atomic mass is 127. The number of carbonyl (C=O) groups excluding carboxylic acids is 2. The molecule has 110 valence electrons. The standard InChI is InChI=1S/C16H11IN2O3/c17-13-6-1-2-7-14(13)19-15(20)10-22-16(21)12-5-3-4-11(8-12)9-18/h1-8H,10H2,(H,19,20). The van der Waals surface area contributed by atoms with Crippen LogP contribution in [0.3, 0.4) is 0 Å². The van der Waals surface area contributed by atoms with Crippen LogP contribution in [-0.4, -0.2) is 18.5 Å². The number of rotatable bonds is 4. The second-order valence-electron chi connectivity index (χ2n) is 4.30. The zero-order valence-corrected chi connectivity index (χ0v) is 13.5. The van der Waals surface area contributed by atoms with Crippen molar-refractivity contribution in [3.05, 3.63) is 63.2 Å². The van der Waals surface area contributed by atoms with Gasteiger partial charge in [-0.1, -0.05) is 18.2 Å². The summed E-state index contributed by atoms with van der Waals surface area (Å²) in [6, 6.07) is 15.3. The highest BCUT2D eigenvalue weighted by Gasteiger charge is 2.11. The summed E-state index contributed by atoms with van der Waals surface area (Å²) in [5.41, 5.74) is 1.26. The monoisotopic (exact) mass is 406 g/mol. The summed E-state index contributed by atoms with van der Waals surface area (Å²) in [7, 11) is 0. The SMILES string of the molecule is N#Cc1cccc(C(=O)OCC(=O)Nc2ccccc2I)c1. The Hall–Kier alpha value is -2.40. The Labute approximate surface area is 141 Å². The van der Waals surface area contributed by atoms with Crippen LogP contribution in [0.4, 0.5) is 5.69 Å². The Kier molecular flexibility index (Phi) is 5.49. The van der Waals surface area contributed by atoms with Crippen molar-refractivity contribution >= 4 is 40.2 Å². The van der Waals surface area contributed by atoms with Crippen molar-refractivity contribution in [2.24, 2.45) is 0 Å². The van der Waals surface area contributed by atoms with E-state index < -0.39 is 11.9 Å². The van der Waals surface area contributed by atoms with Crippen molar-refractivity contribution in [1.29, 1.82) is 5.26 Å². The minimum absolute atomic E-state index is 0.237. The van der Waals surface area contributed by atoms with Crippen LogP contribution < -0.4 is 5.32 Å². The quantitative estimate of drug-likeness (QED) is 0.626. The largest absolute Gasteiger partial charge is 0.452 e. The lowest BCUT2D eigenvalue weighted by atomic mass is 10.1. The molecule has 0 radical (unpaired) electrons. The van der Waals surface area contributed by atoms with Gasteiger partial charge in [-0.3, -0.25) is 4.79 Å². The van der Waals surface area contributed by atoms with E-state index in [9.17, 15) is 9.59 Å². The number of anilines is 1. The van der Waals surface area contributed by atoms with E-state index in [4.69, 9.17) is 10.00 Å². The van der Waals surface area contributed by atoms with Crippen LogP contribution in [0.5, 0.6) is 0 Å². The molecule has 0 aliphatic heterocycles. The van der Waals surface area contributed by atoms with Gasteiger partial charge in [0.15, 0.2) is 6.61 Å². The molecule has 0 atom stereocenters. The molecular weight excluding hydrogens is 395 g/mol. The number of para-hydroxylation sites is 1. The summed E-state index contributed by atoms with van der Waals surface area (Å²) in [5.74, 6) is -1.07. The molecule has 0 aliphatic carbocycles. The first kappa shape index (κ1) is 16.0. The van der Waals surface area contributed by atoms with E-state index in [0.717, 1.165) is 3.57 Å². The Morgan fingerprint density at radius 1 is 1.18 bits per heavy atom. The maximum Gasteiger partial charge on any atom is 0.338 e. The van der Waals surface area contributed by atoms with Gasteiger partial charge >= 0.3 is 5.97 Å². The highest BCUT2D eigenvalue weighted by Crippen LogP contribution is 2.16. The van der Waals surface area contributed by atoms with Crippen LogP contribution in [0.2, 0.25) is 0 Å². The molecule has 22 heavy (non-hydrogen) atoms. The van der Waals surface area contributed by atoms with Crippen LogP contribution in [0, 0.1) is 14.9 Å². The first-order valence-electron chi connectivity index (χ1n) is 6.32. The molecule has 0 aliphatic rings. The van der Waals surface area contributed by atoms with Crippen molar-refractivity contribution in [2.45, 2.75) is 0 Å². The van der Waals surface area contributed by atoms with Gasteiger partial charge in [0.25, 0.3) is 5.91 Å².